The van der Waals surface area contributed by atoms with Crippen molar-refractivity contribution < 1.29 is 13.2 Å². The van der Waals surface area contributed by atoms with Gasteiger partial charge in [0.1, 0.15) is 11.9 Å². The largest absolute Gasteiger partial charge is 0.487 e. The molecule has 0 unspecified atom stereocenters. The highest BCUT2D eigenvalue weighted by Crippen LogP contribution is 2.31. The molecule has 0 aliphatic rings. The highest BCUT2D eigenvalue weighted by molar-refractivity contribution is 7.89. The van der Waals surface area contributed by atoms with E-state index in [0.29, 0.717) is 12.2 Å². The maximum Gasteiger partial charge on any atom is 0.238 e. The Balaban J connectivity index is 2.94. The first-order chi connectivity index (χ1) is 9.77. The number of thiol groups is 1. The molecule has 2 N–H and O–H groups in total. The van der Waals surface area contributed by atoms with Crippen LogP contribution in [0, 0.1) is 4.91 Å². The van der Waals surface area contributed by atoms with Crippen LogP contribution in [-0.2, 0) is 10.0 Å². The Morgan fingerprint density at radius 3 is 2.57 bits per heavy atom. The normalized spacial score (nSPS) is 13.2. The molecule has 1 aromatic carbocycles. The van der Waals surface area contributed by atoms with Crippen molar-refractivity contribution in [2.45, 2.75) is 17.4 Å². The van der Waals surface area contributed by atoms with Crippen molar-refractivity contribution in [1.82, 2.24) is 4.90 Å². The number of primary sulfonamides is 1. The van der Waals surface area contributed by atoms with Gasteiger partial charge in [-0.1, -0.05) is 0 Å². The van der Waals surface area contributed by atoms with Gasteiger partial charge in [0.2, 0.25) is 10.0 Å². The van der Waals surface area contributed by atoms with Crippen molar-refractivity contribution >= 4 is 28.3 Å². The number of rotatable bonds is 8. The molecule has 0 spiro atoms. The molecule has 0 saturated carbocycles. The van der Waals surface area contributed by atoms with Gasteiger partial charge in [-0.05, 0) is 43.9 Å². The maximum absolute atomic E-state index is 11.2. The number of hydrogen-bond acceptors (Lipinski definition) is 7. The lowest BCUT2D eigenvalue weighted by molar-refractivity contribution is 0.199. The van der Waals surface area contributed by atoms with Crippen molar-refractivity contribution in [3.8, 4) is 5.75 Å². The minimum Gasteiger partial charge on any atom is -0.487 e. The summed E-state index contributed by atoms with van der Waals surface area (Å²) in [6, 6.07) is 3.75. The molecule has 0 amide bonds. The lowest BCUT2D eigenvalue weighted by Crippen LogP contribution is -2.25. The van der Waals surface area contributed by atoms with Crippen molar-refractivity contribution in [2.24, 2.45) is 10.3 Å². The van der Waals surface area contributed by atoms with Crippen LogP contribution in [0.3, 0.4) is 0 Å². The van der Waals surface area contributed by atoms with Gasteiger partial charge in [-0.3, -0.25) is 0 Å². The van der Waals surface area contributed by atoms with Crippen LogP contribution in [0.5, 0.6) is 5.75 Å². The number of ether oxygens (including phenoxy) is 1. The molecule has 0 aliphatic heterocycles. The summed E-state index contributed by atoms with van der Waals surface area (Å²) in [5.41, 5.74) is -0.0989. The molecule has 1 aromatic rings. The van der Waals surface area contributed by atoms with E-state index in [0.717, 1.165) is 12.6 Å². The van der Waals surface area contributed by atoms with E-state index in [-0.39, 0.29) is 22.4 Å². The van der Waals surface area contributed by atoms with Crippen LogP contribution in [0.4, 0.5) is 5.69 Å². The zero-order valence-electron chi connectivity index (χ0n) is 11.9. The summed E-state index contributed by atoms with van der Waals surface area (Å²) in [5, 5.41) is 7.81. The van der Waals surface area contributed by atoms with Crippen LogP contribution in [0.25, 0.3) is 0 Å². The molecule has 21 heavy (non-hydrogen) atoms. The number of nitrogens with two attached hydrogens (primary N) is 1. The first kappa shape index (κ1) is 17.9. The van der Waals surface area contributed by atoms with Gasteiger partial charge < -0.3 is 9.64 Å². The van der Waals surface area contributed by atoms with Crippen molar-refractivity contribution in [3.05, 3.63) is 23.1 Å². The summed E-state index contributed by atoms with van der Waals surface area (Å²) >= 11 is 4.21. The average Bonchev–Trinajstić information content (AvgIpc) is 2.42. The predicted molar refractivity (Wildman–Crippen MR) is 84.7 cm³/mol. The van der Waals surface area contributed by atoms with Crippen LogP contribution >= 0.6 is 12.6 Å². The summed E-state index contributed by atoms with van der Waals surface area (Å²) in [7, 11) is -0.00513. The van der Waals surface area contributed by atoms with Gasteiger partial charge in [0.25, 0.3) is 0 Å². The number of sulfonamides is 1. The average molecular weight is 333 g/mol. The molecular weight excluding hydrogens is 314 g/mol. The molecule has 0 saturated heterocycles. The number of nitrogens with zero attached hydrogens (tertiary/aromatic N) is 2. The van der Waals surface area contributed by atoms with Crippen molar-refractivity contribution in [2.75, 3.05) is 26.4 Å². The SMILES string of the molecule is CN(C)CC[C@H](CS)Oc1ccc(S(N)(=O)=O)cc1N=O. The molecule has 0 bridgehead atoms. The quantitative estimate of drug-likeness (QED) is 0.552. The van der Waals surface area contributed by atoms with E-state index in [9.17, 15) is 13.3 Å². The van der Waals surface area contributed by atoms with Gasteiger partial charge in [-0.15, -0.1) is 4.91 Å². The fraction of sp³-hybridized carbons (Fsp3) is 0.500. The fourth-order valence-electron chi connectivity index (χ4n) is 1.61. The van der Waals surface area contributed by atoms with E-state index < -0.39 is 10.0 Å². The Morgan fingerprint density at radius 1 is 1.43 bits per heavy atom. The van der Waals surface area contributed by atoms with Gasteiger partial charge >= 0.3 is 0 Å². The monoisotopic (exact) mass is 333 g/mol. The Morgan fingerprint density at radius 2 is 2.10 bits per heavy atom. The van der Waals surface area contributed by atoms with Crippen LogP contribution in [0.15, 0.2) is 28.3 Å². The second-order valence-corrected chi connectivity index (χ2v) is 6.71. The number of benzene rings is 1. The van der Waals surface area contributed by atoms with E-state index in [1.807, 2.05) is 19.0 Å². The van der Waals surface area contributed by atoms with Crippen LogP contribution < -0.4 is 9.88 Å². The van der Waals surface area contributed by atoms with E-state index >= 15 is 0 Å². The van der Waals surface area contributed by atoms with E-state index in [2.05, 4.69) is 17.8 Å². The van der Waals surface area contributed by atoms with Gasteiger partial charge in [0.05, 0.1) is 4.90 Å². The van der Waals surface area contributed by atoms with Crippen LogP contribution in [-0.4, -0.2) is 45.8 Å². The summed E-state index contributed by atoms with van der Waals surface area (Å²) in [6.45, 7) is 0.796. The third kappa shape index (κ3) is 5.62. The maximum atomic E-state index is 11.2. The molecular formula is C12H19N3O4S2. The lowest BCUT2D eigenvalue weighted by atomic mass is 10.2. The Kier molecular flexibility index (Phi) is 6.59. The molecule has 0 fully saturated rings. The molecule has 0 radical (unpaired) electrons. The highest BCUT2D eigenvalue weighted by atomic mass is 32.2. The van der Waals surface area contributed by atoms with Gasteiger partial charge in [0, 0.05) is 12.3 Å². The number of nitroso groups, excluding NO2 is 1. The topological polar surface area (TPSA) is 102 Å². The highest BCUT2D eigenvalue weighted by Gasteiger charge is 2.16. The standard InChI is InChI=1S/C12H19N3O4S2/c1-15(2)6-5-9(8-20)19-12-4-3-10(21(13,17)18)7-11(12)14-16/h3-4,7,9,20H,5-6,8H2,1-2H3,(H2,13,17,18)/t9-/m1/s1. The van der Waals surface area contributed by atoms with Crippen molar-refractivity contribution in [3.63, 3.8) is 0 Å². The minimum absolute atomic E-state index is 0.0989. The molecule has 7 nitrogen and oxygen atoms in total. The first-order valence-electron chi connectivity index (χ1n) is 6.20. The van der Waals surface area contributed by atoms with Gasteiger partial charge in [-0.2, -0.15) is 12.6 Å². The summed E-state index contributed by atoms with van der Waals surface area (Å²) in [4.78, 5) is 12.7. The second-order valence-electron chi connectivity index (χ2n) is 4.78. The molecule has 0 aromatic heterocycles. The van der Waals surface area contributed by atoms with Gasteiger partial charge in [0.15, 0.2) is 5.69 Å². The summed E-state index contributed by atoms with van der Waals surface area (Å²) in [5.74, 6) is 0.679. The smallest absolute Gasteiger partial charge is 0.238 e. The first-order valence-corrected chi connectivity index (χ1v) is 8.38. The predicted octanol–water partition coefficient (Wildman–Crippen LogP) is 1.36. The van der Waals surface area contributed by atoms with Crippen LogP contribution in [0.2, 0.25) is 0 Å². The Bertz CT molecular complexity index is 590. The molecule has 0 heterocycles. The van der Waals surface area contributed by atoms with E-state index in [4.69, 9.17) is 9.88 Å². The molecule has 0 aliphatic carbocycles. The molecule has 9 heteroatoms. The second kappa shape index (κ2) is 7.74. The molecule has 118 valence electrons. The number of hydrogen-bond donors (Lipinski definition) is 2. The summed E-state index contributed by atoms with van der Waals surface area (Å²) < 4.78 is 28.2. The zero-order chi connectivity index (χ0) is 16.0. The lowest BCUT2D eigenvalue weighted by Gasteiger charge is -2.20. The third-order valence-corrected chi connectivity index (χ3v) is 4.07. The van der Waals surface area contributed by atoms with Crippen LogP contribution in [0.1, 0.15) is 6.42 Å². The van der Waals surface area contributed by atoms with E-state index in [1.165, 1.54) is 12.1 Å². The molecule has 1 rings (SSSR count). The van der Waals surface area contributed by atoms with Gasteiger partial charge in [-0.25, -0.2) is 13.6 Å². The van der Waals surface area contributed by atoms with E-state index in [1.54, 1.807) is 0 Å². The fourth-order valence-corrected chi connectivity index (χ4v) is 2.41. The summed E-state index contributed by atoms with van der Waals surface area (Å²) in [6.07, 6.45) is 0.503. The molecule has 1 atom stereocenters. The zero-order valence-corrected chi connectivity index (χ0v) is 13.6. The van der Waals surface area contributed by atoms with Crippen molar-refractivity contribution in [1.29, 1.82) is 0 Å². The third-order valence-electron chi connectivity index (χ3n) is 2.75. The Hall–Kier alpha value is -1.16. The Labute approximate surface area is 129 Å². The minimum atomic E-state index is -3.88.